The number of ether oxygens (including phenoxy) is 1. The van der Waals surface area contributed by atoms with Gasteiger partial charge in [-0.15, -0.1) is 0 Å². The van der Waals surface area contributed by atoms with Crippen molar-refractivity contribution < 1.29 is 9.15 Å². The second-order valence-electron chi connectivity index (χ2n) is 5.19. The topological polar surface area (TPSA) is 34.4 Å². The first-order chi connectivity index (χ1) is 9.69. The summed E-state index contributed by atoms with van der Waals surface area (Å²) < 4.78 is 10.6. The molecule has 1 aromatic heterocycles. The number of aryl methyl sites for hydroxylation is 1. The Hall–Kier alpha value is -1.74. The maximum absolute atomic E-state index is 5.41. The van der Waals surface area contributed by atoms with Gasteiger partial charge in [-0.3, -0.25) is 0 Å². The predicted molar refractivity (Wildman–Crippen MR) is 81.0 cm³/mol. The Balaban J connectivity index is 1.78. The lowest BCUT2D eigenvalue weighted by molar-refractivity contribution is 0.388. The SMILES string of the molecule is COc1ccc(CCC(C)N[C@H](C)c2ccco2)cc1. The van der Waals surface area contributed by atoms with Crippen LogP contribution in [0.15, 0.2) is 47.1 Å². The first-order valence-electron chi connectivity index (χ1n) is 7.11. The van der Waals surface area contributed by atoms with Gasteiger partial charge in [0, 0.05) is 6.04 Å². The monoisotopic (exact) mass is 273 g/mol. The third-order valence-electron chi connectivity index (χ3n) is 3.53. The zero-order valence-corrected chi connectivity index (χ0v) is 12.4. The number of hydrogen-bond donors (Lipinski definition) is 1. The van der Waals surface area contributed by atoms with Crippen molar-refractivity contribution in [1.29, 1.82) is 0 Å². The minimum absolute atomic E-state index is 0.246. The first-order valence-corrected chi connectivity index (χ1v) is 7.11. The Morgan fingerprint density at radius 2 is 1.90 bits per heavy atom. The van der Waals surface area contributed by atoms with Gasteiger partial charge in [0.2, 0.25) is 0 Å². The van der Waals surface area contributed by atoms with E-state index in [4.69, 9.17) is 9.15 Å². The van der Waals surface area contributed by atoms with Gasteiger partial charge in [0.25, 0.3) is 0 Å². The molecule has 0 saturated heterocycles. The maximum Gasteiger partial charge on any atom is 0.120 e. The van der Waals surface area contributed by atoms with Gasteiger partial charge in [-0.1, -0.05) is 12.1 Å². The molecule has 0 radical (unpaired) electrons. The van der Waals surface area contributed by atoms with Crippen LogP contribution in [0.2, 0.25) is 0 Å². The summed E-state index contributed by atoms with van der Waals surface area (Å²) >= 11 is 0. The van der Waals surface area contributed by atoms with Crippen LogP contribution in [0.5, 0.6) is 5.75 Å². The fourth-order valence-electron chi connectivity index (χ4n) is 2.31. The van der Waals surface area contributed by atoms with Crippen LogP contribution in [0.25, 0.3) is 0 Å². The molecular weight excluding hydrogens is 250 g/mol. The highest BCUT2D eigenvalue weighted by atomic mass is 16.5. The first kappa shape index (κ1) is 14.7. The van der Waals surface area contributed by atoms with Crippen molar-refractivity contribution in [2.45, 2.75) is 38.8 Å². The van der Waals surface area contributed by atoms with Crippen LogP contribution in [-0.2, 0) is 6.42 Å². The van der Waals surface area contributed by atoms with E-state index in [9.17, 15) is 0 Å². The van der Waals surface area contributed by atoms with Crippen molar-refractivity contribution >= 4 is 0 Å². The van der Waals surface area contributed by atoms with Gasteiger partial charge in [0.05, 0.1) is 19.4 Å². The number of furan rings is 1. The molecule has 0 amide bonds. The number of benzene rings is 1. The molecule has 1 aromatic carbocycles. The normalized spacial score (nSPS) is 13.9. The molecule has 0 aliphatic heterocycles. The minimum Gasteiger partial charge on any atom is -0.497 e. The highest BCUT2D eigenvalue weighted by molar-refractivity contribution is 5.27. The van der Waals surface area contributed by atoms with Crippen molar-refractivity contribution in [3.05, 3.63) is 54.0 Å². The third-order valence-corrected chi connectivity index (χ3v) is 3.53. The van der Waals surface area contributed by atoms with Gasteiger partial charge in [-0.05, 0) is 56.5 Å². The van der Waals surface area contributed by atoms with Gasteiger partial charge < -0.3 is 14.5 Å². The van der Waals surface area contributed by atoms with Gasteiger partial charge in [-0.25, -0.2) is 0 Å². The molecule has 0 bridgehead atoms. The van der Waals surface area contributed by atoms with Crippen LogP contribution < -0.4 is 10.1 Å². The van der Waals surface area contributed by atoms with E-state index in [0.29, 0.717) is 6.04 Å². The van der Waals surface area contributed by atoms with E-state index in [1.165, 1.54) is 5.56 Å². The molecule has 2 atom stereocenters. The lowest BCUT2D eigenvalue weighted by Crippen LogP contribution is -2.29. The number of methoxy groups -OCH3 is 1. The zero-order chi connectivity index (χ0) is 14.4. The van der Waals surface area contributed by atoms with Gasteiger partial charge in [0.15, 0.2) is 0 Å². The van der Waals surface area contributed by atoms with Crippen molar-refractivity contribution in [3.8, 4) is 5.75 Å². The fourth-order valence-corrected chi connectivity index (χ4v) is 2.31. The largest absolute Gasteiger partial charge is 0.497 e. The van der Waals surface area contributed by atoms with Gasteiger partial charge >= 0.3 is 0 Å². The highest BCUT2D eigenvalue weighted by Gasteiger charge is 2.11. The average molecular weight is 273 g/mol. The molecular formula is C17H23NO2. The second kappa shape index (κ2) is 7.15. The summed E-state index contributed by atoms with van der Waals surface area (Å²) in [6, 6.07) is 12.9. The average Bonchev–Trinajstić information content (AvgIpc) is 3.00. The Kier molecular flexibility index (Phi) is 5.24. The number of rotatable bonds is 7. The van der Waals surface area contributed by atoms with Crippen LogP contribution in [0.3, 0.4) is 0 Å². The van der Waals surface area contributed by atoms with Crippen LogP contribution >= 0.6 is 0 Å². The molecule has 0 spiro atoms. The lowest BCUT2D eigenvalue weighted by Gasteiger charge is -2.18. The minimum atomic E-state index is 0.246. The molecule has 1 N–H and O–H groups in total. The molecule has 1 heterocycles. The molecule has 2 aromatic rings. The number of nitrogens with one attached hydrogen (secondary N) is 1. The van der Waals surface area contributed by atoms with E-state index in [0.717, 1.165) is 24.4 Å². The summed E-state index contributed by atoms with van der Waals surface area (Å²) in [6.07, 6.45) is 3.87. The molecule has 108 valence electrons. The fraction of sp³-hybridized carbons (Fsp3) is 0.412. The van der Waals surface area contributed by atoms with E-state index < -0.39 is 0 Å². The van der Waals surface area contributed by atoms with E-state index in [1.54, 1.807) is 13.4 Å². The van der Waals surface area contributed by atoms with Crippen LogP contribution in [-0.4, -0.2) is 13.2 Å². The van der Waals surface area contributed by atoms with E-state index in [-0.39, 0.29) is 6.04 Å². The van der Waals surface area contributed by atoms with Crippen molar-refractivity contribution in [2.75, 3.05) is 7.11 Å². The highest BCUT2D eigenvalue weighted by Crippen LogP contribution is 2.16. The summed E-state index contributed by atoms with van der Waals surface area (Å²) in [7, 11) is 1.69. The molecule has 1 unspecified atom stereocenters. The predicted octanol–water partition coefficient (Wildman–Crippen LogP) is 3.96. The standard InChI is InChI=1S/C17H23NO2/c1-13(18-14(2)17-5-4-12-20-17)6-7-15-8-10-16(19-3)11-9-15/h4-5,8-14,18H,6-7H2,1-3H3/t13?,14-/m1/s1. The molecule has 0 aliphatic rings. The quantitative estimate of drug-likeness (QED) is 0.829. The number of hydrogen-bond acceptors (Lipinski definition) is 3. The summed E-state index contributed by atoms with van der Waals surface area (Å²) in [6.45, 7) is 4.34. The van der Waals surface area contributed by atoms with Crippen LogP contribution in [0.1, 0.15) is 37.6 Å². The molecule has 3 nitrogen and oxygen atoms in total. The maximum atomic E-state index is 5.41. The van der Waals surface area contributed by atoms with Crippen LogP contribution in [0.4, 0.5) is 0 Å². The van der Waals surface area contributed by atoms with Crippen LogP contribution in [0, 0.1) is 0 Å². The summed E-state index contributed by atoms with van der Waals surface area (Å²) in [5.74, 6) is 1.90. The third kappa shape index (κ3) is 4.14. The summed E-state index contributed by atoms with van der Waals surface area (Å²) in [4.78, 5) is 0. The Bertz CT molecular complexity index is 490. The molecule has 3 heteroatoms. The zero-order valence-electron chi connectivity index (χ0n) is 12.4. The van der Waals surface area contributed by atoms with Gasteiger partial charge in [0.1, 0.15) is 11.5 Å². The molecule has 2 rings (SSSR count). The molecule has 20 heavy (non-hydrogen) atoms. The molecule has 0 fully saturated rings. The Morgan fingerprint density at radius 1 is 1.15 bits per heavy atom. The Labute approximate surface area is 121 Å². The molecule has 0 saturated carbocycles. The Morgan fingerprint density at radius 3 is 2.50 bits per heavy atom. The lowest BCUT2D eigenvalue weighted by atomic mass is 10.1. The van der Waals surface area contributed by atoms with E-state index >= 15 is 0 Å². The second-order valence-corrected chi connectivity index (χ2v) is 5.19. The van der Waals surface area contributed by atoms with Gasteiger partial charge in [-0.2, -0.15) is 0 Å². The van der Waals surface area contributed by atoms with Crippen molar-refractivity contribution in [1.82, 2.24) is 5.32 Å². The van der Waals surface area contributed by atoms with E-state index in [2.05, 4.69) is 31.3 Å². The smallest absolute Gasteiger partial charge is 0.120 e. The van der Waals surface area contributed by atoms with E-state index in [1.807, 2.05) is 24.3 Å². The van der Waals surface area contributed by atoms with Crippen molar-refractivity contribution in [2.24, 2.45) is 0 Å². The summed E-state index contributed by atoms with van der Waals surface area (Å²) in [5, 5.41) is 3.56. The van der Waals surface area contributed by atoms with Crippen molar-refractivity contribution in [3.63, 3.8) is 0 Å². The summed E-state index contributed by atoms with van der Waals surface area (Å²) in [5.41, 5.74) is 1.34. The molecule has 0 aliphatic carbocycles.